The van der Waals surface area contributed by atoms with E-state index in [4.69, 9.17) is 4.74 Å². The van der Waals surface area contributed by atoms with E-state index in [2.05, 4.69) is 0 Å². The summed E-state index contributed by atoms with van der Waals surface area (Å²) in [4.78, 5) is 0. The van der Waals surface area contributed by atoms with Crippen LogP contribution in [0.25, 0.3) is 0 Å². The first-order chi connectivity index (χ1) is 5.33. The molecule has 3 heteroatoms. The first-order valence-corrected chi connectivity index (χ1v) is 3.60. The second-order valence-corrected chi connectivity index (χ2v) is 2.49. The maximum Gasteiger partial charge on any atom is 0.0951 e. The Morgan fingerprint density at radius 3 is 2.64 bits per heavy atom. The minimum atomic E-state index is -0.410. The molecule has 1 aromatic rings. The predicted molar refractivity (Wildman–Crippen MR) is 42.3 cm³/mol. The molecule has 0 aliphatic rings. The molecule has 1 atom stereocenters. The van der Waals surface area contributed by atoms with Crippen LogP contribution < -0.4 is 0 Å². The van der Waals surface area contributed by atoms with E-state index in [0.29, 0.717) is 13.2 Å². The lowest BCUT2D eigenvalue weighted by molar-refractivity contribution is 0.0537. The summed E-state index contributed by atoms with van der Waals surface area (Å²) >= 11 is 0. The molecular formula is C8H13NO2. The number of aromatic nitrogens is 1. The average Bonchev–Trinajstić information content (AvgIpc) is 2.40. The number of aliphatic hydroxyl groups is 1. The van der Waals surface area contributed by atoms with E-state index in [1.165, 1.54) is 0 Å². The Hall–Kier alpha value is -0.800. The number of hydrogen-bond acceptors (Lipinski definition) is 2. The summed E-state index contributed by atoms with van der Waals surface area (Å²) < 4.78 is 6.71. The molecule has 1 rings (SSSR count). The molecule has 0 radical (unpaired) electrons. The van der Waals surface area contributed by atoms with Gasteiger partial charge in [0, 0.05) is 19.5 Å². The first kappa shape index (κ1) is 8.30. The molecule has 0 aliphatic heterocycles. The van der Waals surface area contributed by atoms with Crippen LogP contribution in [-0.2, 0) is 11.3 Å². The Kier molecular flexibility index (Phi) is 3.14. The van der Waals surface area contributed by atoms with Crippen LogP contribution in [-0.4, -0.2) is 29.5 Å². The minimum absolute atomic E-state index is 0.387. The summed E-state index contributed by atoms with van der Waals surface area (Å²) in [5.41, 5.74) is 0. The van der Waals surface area contributed by atoms with Crippen LogP contribution in [0.3, 0.4) is 0 Å². The molecule has 0 saturated heterocycles. The summed E-state index contributed by atoms with van der Waals surface area (Å²) in [6.45, 7) is 0.985. The quantitative estimate of drug-likeness (QED) is 0.687. The Morgan fingerprint density at radius 1 is 1.45 bits per heavy atom. The summed E-state index contributed by atoms with van der Waals surface area (Å²) in [5, 5.41) is 9.28. The highest BCUT2D eigenvalue weighted by Crippen LogP contribution is 1.94. The monoisotopic (exact) mass is 155 g/mol. The number of aliphatic hydroxyl groups excluding tert-OH is 1. The molecule has 0 fully saturated rings. The van der Waals surface area contributed by atoms with Gasteiger partial charge in [0.2, 0.25) is 0 Å². The maximum atomic E-state index is 9.28. The van der Waals surface area contributed by atoms with Gasteiger partial charge in [-0.25, -0.2) is 0 Å². The zero-order valence-corrected chi connectivity index (χ0v) is 6.60. The Labute approximate surface area is 66.2 Å². The number of methoxy groups -OCH3 is 1. The molecular weight excluding hydrogens is 142 g/mol. The van der Waals surface area contributed by atoms with Gasteiger partial charge in [-0.1, -0.05) is 0 Å². The van der Waals surface area contributed by atoms with Crippen molar-refractivity contribution in [1.82, 2.24) is 4.57 Å². The topological polar surface area (TPSA) is 34.4 Å². The van der Waals surface area contributed by atoms with Gasteiger partial charge < -0.3 is 14.4 Å². The van der Waals surface area contributed by atoms with Crippen LogP contribution in [0.2, 0.25) is 0 Å². The van der Waals surface area contributed by atoms with Crippen molar-refractivity contribution in [1.29, 1.82) is 0 Å². The fraction of sp³-hybridized carbons (Fsp3) is 0.500. The summed E-state index contributed by atoms with van der Waals surface area (Å²) in [5.74, 6) is 0. The molecule has 0 saturated carbocycles. The third kappa shape index (κ3) is 2.74. The average molecular weight is 155 g/mol. The molecule has 0 aromatic carbocycles. The van der Waals surface area contributed by atoms with Gasteiger partial charge in [0.1, 0.15) is 0 Å². The fourth-order valence-electron chi connectivity index (χ4n) is 0.980. The van der Waals surface area contributed by atoms with Gasteiger partial charge in [-0.05, 0) is 12.1 Å². The maximum absolute atomic E-state index is 9.28. The first-order valence-electron chi connectivity index (χ1n) is 3.60. The molecule has 1 aromatic heterocycles. The van der Waals surface area contributed by atoms with Crippen molar-refractivity contribution in [3.8, 4) is 0 Å². The van der Waals surface area contributed by atoms with E-state index in [9.17, 15) is 5.11 Å². The summed E-state index contributed by atoms with van der Waals surface area (Å²) in [7, 11) is 1.58. The lowest BCUT2D eigenvalue weighted by Crippen LogP contribution is -2.20. The normalized spacial score (nSPS) is 13.3. The lowest BCUT2D eigenvalue weighted by atomic mass is 10.4. The molecule has 0 spiro atoms. The van der Waals surface area contributed by atoms with Gasteiger partial charge in [-0.15, -0.1) is 0 Å². The molecule has 0 bridgehead atoms. The van der Waals surface area contributed by atoms with E-state index in [1.54, 1.807) is 7.11 Å². The second-order valence-electron chi connectivity index (χ2n) is 2.49. The van der Waals surface area contributed by atoms with Crippen LogP contribution in [0.5, 0.6) is 0 Å². The van der Waals surface area contributed by atoms with Crippen molar-refractivity contribution >= 4 is 0 Å². The number of nitrogens with zero attached hydrogens (tertiary/aromatic N) is 1. The van der Waals surface area contributed by atoms with E-state index in [-0.39, 0.29) is 0 Å². The van der Waals surface area contributed by atoms with Crippen LogP contribution in [0, 0.1) is 0 Å². The third-order valence-electron chi connectivity index (χ3n) is 1.45. The van der Waals surface area contributed by atoms with Gasteiger partial charge in [0.05, 0.1) is 19.3 Å². The number of hydrogen-bond donors (Lipinski definition) is 1. The summed E-state index contributed by atoms with van der Waals surface area (Å²) in [6.07, 6.45) is 3.42. The van der Waals surface area contributed by atoms with E-state index >= 15 is 0 Å². The second kappa shape index (κ2) is 4.16. The molecule has 0 unspecified atom stereocenters. The van der Waals surface area contributed by atoms with Crippen LogP contribution in [0.1, 0.15) is 0 Å². The van der Waals surface area contributed by atoms with E-state index in [1.807, 2.05) is 29.1 Å². The number of ether oxygens (including phenoxy) is 1. The van der Waals surface area contributed by atoms with Crippen molar-refractivity contribution in [2.75, 3.05) is 13.7 Å². The van der Waals surface area contributed by atoms with Gasteiger partial charge in [0.25, 0.3) is 0 Å². The highest BCUT2D eigenvalue weighted by molar-refractivity contribution is 4.90. The molecule has 11 heavy (non-hydrogen) atoms. The summed E-state index contributed by atoms with van der Waals surface area (Å²) in [6, 6.07) is 3.86. The highest BCUT2D eigenvalue weighted by atomic mass is 16.5. The SMILES string of the molecule is COC[C@H](O)Cn1cccc1. The predicted octanol–water partition coefficient (Wildman–Crippen LogP) is 0.495. The minimum Gasteiger partial charge on any atom is -0.389 e. The van der Waals surface area contributed by atoms with Crippen LogP contribution >= 0.6 is 0 Å². The van der Waals surface area contributed by atoms with Crippen molar-refractivity contribution in [2.24, 2.45) is 0 Å². The largest absolute Gasteiger partial charge is 0.389 e. The van der Waals surface area contributed by atoms with Gasteiger partial charge in [0.15, 0.2) is 0 Å². The zero-order chi connectivity index (χ0) is 8.10. The highest BCUT2D eigenvalue weighted by Gasteiger charge is 2.02. The van der Waals surface area contributed by atoms with E-state index in [0.717, 1.165) is 0 Å². The van der Waals surface area contributed by atoms with Crippen molar-refractivity contribution < 1.29 is 9.84 Å². The number of rotatable bonds is 4. The third-order valence-corrected chi connectivity index (χ3v) is 1.45. The molecule has 1 N–H and O–H groups in total. The van der Waals surface area contributed by atoms with Gasteiger partial charge in [-0.2, -0.15) is 0 Å². The Morgan fingerprint density at radius 2 is 2.09 bits per heavy atom. The van der Waals surface area contributed by atoms with E-state index < -0.39 is 6.10 Å². The smallest absolute Gasteiger partial charge is 0.0951 e. The molecule has 3 nitrogen and oxygen atoms in total. The van der Waals surface area contributed by atoms with Crippen molar-refractivity contribution in [3.63, 3.8) is 0 Å². The molecule has 0 aliphatic carbocycles. The Bertz CT molecular complexity index is 184. The standard InChI is InChI=1S/C8H13NO2/c1-11-7-8(10)6-9-4-2-3-5-9/h2-5,8,10H,6-7H2,1H3/t8-/m1/s1. The lowest BCUT2D eigenvalue weighted by Gasteiger charge is -2.09. The Balaban J connectivity index is 2.31. The van der Waals surface area contributed by atoms with Gasteiger partial charge >= 0.3 is 0 Å². The molecule has 1 heterocycles. The fourth-order valence-corrected chi connectivity index (χ4v) is 0.980. The van der Waals surface area contributed by atoms with Crippen molar-refractivity contribution in [2.45, 2.75) is 12.6 Å². The molecule has 62 valence electrons. The zero-order valence-electron chi connectivity index (χ0n) is 6.60. The van der Waals surface area contributed by atoms with Gasteiger partial charge in [-0.3, -0.25) is 0 Å². The van der Waals surface area contributed by atoms with Crippen molar-refractivity contribution in [3.05, 3.63) is 24.5 Å². The molecule has 0 amide bonds. The van der Waals surface area contributed by atoms with Crippen LogP contribution in [0.15, 0.2) is 24.5 Å². The van der Waals surface area contributed by atoms with Crippen LogP contribution in [0.4, 0.5) is 0 Å².